The van der Waals surface area contributed by atoms with Crippen LogP contribution in [-0.4, -0.2) is 35.1 Å². The summed E-state index contributed by atoms with van der Waals surface area (Å²) in [4.78, 5) is 25.0. The van der Waals surface area contributed by atoms with Crippen molar-refractivity contribution in [2.24, 2.45) is 0 Å². The van der Waals surface area contributed by atoms with E-state index in [1.54, 1.807) is 12.1 Å². The average Bonchev–Trinajstić information content (AvgIpc) is 2.67. The van der Waals surface area contributed by atoms with E-state index in [0.717, 1.165) is 18.5 Å². The van der Waals surface area contributed by atoms with E-state index >= 15 is 0 Å². The summed E-state index contributed by atoms with van der Waals surface area (Å²) in [5, 5.41) is 11.1. The fourth-order valence-electron chi connectivity index (χ4n) is 3.02. The van der Waals surface area contributed by atoms with Crippen LogP contribution in [0.3, 0.4) is 0 Å². The van der Waals surface area contributed by atoms with E-state index in [0.29, 0.717) is 18.1 Å². The molecule has 0 N–H and O–H groups in total. The van der Waals surface area contributed by atoms with Gasteiger partial charge in [0.05, 0.1) is 17.8 Å². The van der Waals surface area contributed by atoms with Gasteiger partial charge in [0, 0.05) is 24.9 Å². The molecule has 7 heteroatoms. The van der Waals surface area contributed by atoms with Gasteiger partial charge in [-0.05, 0) is 29.2 Å². The molecule has 0 aromatic heterocycles. The Bertz CT molecular complexity index is 825. The summed E-state index contributed by atoms with van der Waals surface area (Å²) in [5.74, 6) is 1.25. The highest BCUT2D eigenvalue weighted by molar-refractivity contribution is 7.99. The molecule has 6 nitrogen and oxygen atoms in total. The molecule has 2 aromatic carbocycles. The molecule has 1 heterocycles. The van der Waals surface area contributed by atoms with E-state index in [1.807, 2.05) is 17.0 Å². The zero-order valence-corrected chi connectivity index (χ0v) is 15.3. The summed E-state index contributed by atoms with van der Waals surface area (Å²) in [6, 6.07) is 13.1. The quantitative estimate of drug-likeness (QED) is 0.574. The number of benzene rings is 2. The van der Waals surface area contributed by atoms with Gasteiger partial charge in [-0.2, -0.15) is 0 Å². The second kappa shape index (κ2) is 8.23. The predicted octanol–water partition coefficient (Wildman–Crippen LogP) is 3.42. The number of nitrogens with zero attached hydrogens (tertiary/aromatic N) is 2. The van der Waals surface area contributed by atoms with Gasteiger partial charge in [-0.3, -0.25) is 14.9 Å². The fourth-order valence-corrected chi connectivity index (χ4v) is 3.90. The van der Waals surface area contributed by atoms with Crippen LogP contribution in [0.5, 0.6) is 5.75 Å². The molecule has 26 heavy (non-hydrogen) atoms. The molecule has 1 aliphatic heterocycles. The number of ether oxygens (including phenoxy) is 1. The van der Waals surface area contributed by atoms with E-state index in [1.165, 1.54) is 36.1 Å². The lowest BCUT2D eigenvalue weighted by atomic mass is 10.00. The number of hydrogen-bond acceptors (Lipinski definition) is 5. The van der Waals surface area contributed by atoms with E-state index in [-0.39, 0.29) is 17.3 Å². The summed E-state index contributed by atoms with van der Waals surface area (Å²) in [6.45, 7) is 1.40. The maximum absolute atomic E-state index is 12.5. The van der Waals surface area contributed by atoms with Gasteiger partial charge in [-0.25, -0.2) is 0 Å². The molecular formula is C19H20N2O4S. The Balaban J connectivity index is 1.54. The Kier molecular flexibility index (Phi) is 5.78. The molecular weight excluding hydrogens is 352 g/mol. The van der Waals surface area contributed by atoms with Crippen molar-refractivity contribution < 1.29 is 14.5 Å². The molecule has 0 spiro atoms. The normalized spacial score (nSPS) is 13.2. The van der Waals surface area contributed by atoms with E-state index in [9.17, 15) is 14.9 Å². The molecule has 0 fully saturated rings. The highest BCUT2D eigenvalue weighted by Gasteiger charge is 2.20. The van der Waals surface area contributed by atoms with Gasteiger partial charge < -0.3 is 9.64 Å². The minimum Gasteiger partial charge on any atom is -0.490 e. The molecule has 0 saturated heterocycles. The lowest BCUT2D eigenvalue weighted by Crippen LogP contribution is -2.37. The smallest absolute Gasteiger partial charge is 0.311 e. The van der Waals surface area contributed by atoms with Crippen LogP contribution in [0, 0.1) is 10.1 Å². The number of fused-ring (bicyclic) bond motifs is 1. The SMILES string of the molecule is COc1ccc(CSCC(=O)N2CCc3ccccc3C2)cc1[N+](=O)[O-]. The minimum absolute atomic E-state index is 0.0513. The van der Waals surface area contributed by atoms with Gasteiger partial charge >= 0.3 is 5.69 Å². The summed E-state index contributed by atoms with van der Waals surface area (Å²) in [6.07, 6.45) is 0.886. The van der Waals surface area contributed by atoms with Gasteiger partial charge in [0.1, 0.15) is 0 Å². The summed E-state index contributed by atoms with van der Waals surface area (Å²) in [7, 11) is 1.41. The van der Waals surface area contributed by atoms with Crippen LogP contribution >= 0.6 is 11.8 Å². The third-order valence-corrected chi connectivity index (χ3v) is 5.41. The Morgan fingerprint density at radius 1 is 1.27 bits per heavy atom. The van der Waals surface area contributed by atoms with Gasteiger partial charge in [-0.1, -0.05) is 30.3 Å². The third kappa shape index (κ3) is 4.16. The minimum atomic E-state index is -0.455. The molecule has 0 atom stereocenters. The molecule has 0 unspecified atom stereocenters. The van der Waals surface area contributed by atoms with Crippen molar-refractivity contribution in [2.75, 3.05) is 19.4 Å². The lowest BCUT2D eigenvalue weighted by molar-refractivity contribution is -0.385. The standard InChI is InChI=1S/C19H20N2O4S/c1-25-18-7-6-14(10-17(18)21(23)24)12-26-13-19(22)20-9-8-15-4-2-3-5-16(15)11-20/h2-7,10H,8-9,11-13H2,1H3. The Hall–Kier alpha value is -2.54. The first kappa shape index (κ1) is 18.3. The number of rotatable bonds is 6. The second-order valence-corrected chi connectivity index (χ2v) is 7.08. The van der Waals surface area contributed by atoms with Crippen molar-refractivity contribution >= 4 is 23.4 Å². The molecule has 136 valence electrons. The molecule has 0 bridgehead atoms. The zero-order valence-electron chi connectivity index (χ0n) is 14.5. The first-order valence-corrected chi connectivity index (χ1v) is 9.47. The van der Waals surface area contributed by atoms with Crippen molar-refractivity contribution in [1.82, 2.24) is 4.90 Å². The Morgan fingerprint density at radius 2 is 2.04 bits per heavy atom. The monoisotopic (exact) mass is 372 g/mol. The number of hydrogen-bond donors (Lipinski definition) is 0. The zero-order chi connectivity index (χ0) is 18.5. The first-order chi connectivity index (χ1) is 12.6. The maximum Gasteiger partial charge on any atom is 0.311 e. The van der Waals surface area contributed by atoms with Gasteiger partial charge in [0.15, 0.2) is 5.75 Å². The molecule has 1 aliphatic rings. The van der Waals surface area contributed by atoms with Gasteiger partial charge in [0.25, 0.3) is 0 Å². The van der Waals surface area contributed by atoms with Crippen LogP contribution in [-0.2, 0) is 23.5 Å². The molecule has 0 radical (unpaired) electrons. The molecule has 0 saturated carbocycles. The van der Waals surface area contributed by atoms with Crippen molar-refractivity contribution in [1.29, 1.82) is 0 Å². The van der Waals surface area contributed by atoms with Crippen LogP contribution in [0.1, 0.15) is 16.7 Å². The number of carbonyl (C=O) groups is 1. The number of thioether (sulfide) groups is 1. The molecule has 1 amide bonds. The van der Waals surface area contributed by atoms with Crippen LogP contribution in [0.25, 0.3) is 0 Å². The summed E-state index contributed by atoms with van der Waals surface area (Å²) >= 11 is 1.47. The van der Waals surface area contributed by atoms with Crippen molar-refractivity contribution in [3.05, 3.63) is 69.3 Å². The van der Waals surface area contributed by atoms with Crippen molar-refractivity contribution in [2.45, 2.75) is 18.7 Å². The van der Waals surface area contributed by atoms with Crippen LogP contribution in [0.15, 0.2) is 42.5 Å². The summed E-state index contributed by atoms with van der Waals surface area (Å²) < 4.78 is 5.00. The van der Waals surface area contributed by atoms with E-state index < -0.39 is 4.92 Å². The van der Waals surface area contributed by atoms with Crippen LogP contribution in [0.4, 0.5) is 5.69 Å². The van der Waals surface area contributed by atoms with Crippen LogP contribution < -0.4 is 4.74 Å². The van der Waals surface area contributed by atoms with Gasteiger partial charge in [0.2, 0.25) is 5.91 Å². The Morgan fingerprint density at radius 3 is 2.77 bits per heavy atom. The number of methoxy groups -OCH3 is 1. The van der Waals surface area contributed by atoms with Crippen molar-refractivity contribution in [3.63, 3.8) is 0 Å². The van der Waals surface area contributed by atoms with Crippen molar-refractivity contribution in [3.8, 4) is 5.75 Å². The lowest BCUT2D eigenvalue weighted by Gasteiger charge is -2.28. The molecule has 2 aromatic rings. The highest BCUT2D eigenvalue weighted by Crippen LogP contribution is 2.29. The number of nitro groups is 1. The van der Waals surface area contributed by atoms with E-state index in [2.05, 4.69) is 12.1 Å². The highest BCUT2D eigenvalue weighted by atomic mass is 32.2. The Labute approximate surface area is 156 Å². The topological polar surface area (TPSA) is 72.7 Å². The second-order valence-electron chi connectivity index (χ2n) is 6.09. The third-order valence-electron chi connectivity index (χ3n) is 4.42. The number of carbonyl (C=O) groups excluding carboxylic acids is 1. The molecule has 0 aliphatic carbocycles. The number of nitro benzene ring substituents is 1. The fraction of sp³-hybridized carbons (Fsp3) is 0.316. The van der Waals surface area contributed by atoms with Crippen LogP contribution in [0.2, 0.25) is 0 Å². The number of amides is 1. The first-order valence-electron chi connectivity index (χ1n) is 8.32. The van der Waals surface area contributed by atoms with E-state index in [4.69, 9.17) is 4.74 Å². The predicted molar refractivity (Wildman–Crippen MR) is 101 cm³/mol. The molecule has 3 rings (SSSR count). The van der Waals surface area contributed by atoms with Gasteiger partial charge in [-0.15, -0.1) is 11.8 Å². The largest absolute Gasteiger partial charge is 0.490 e. The summed E-state index contributed by atoms with van der Waals surface area (Å²) in [5.41, 5.74) is 3.28. The average molecular weight is 372 g/mol. The maximum atomic E-state index is 12.5.